The summed E-state index contributed by atoms with van der Waals surface area (Å²) in [4.78, 5) is 0. The monoisotopic (exact) mass is 198 g/mol. The van der Waals surface area contributed by atoms with Crippen molar-refractivity contribution in [2.45, 2.75) is 19.9 Å². The highest BCUT2D eigenvalue weighted by Crippen LogP contribution is 2.24. The molecule has 0 aromatic carbocycles. The number of nitrogens with one attached hydrogen (secondary N) is 1. The van der Waals surface area contributed by atoms with E-state index in [4.69, 9.17) is 11.6 Å². The summed E-state index contributed by atoms with van der Waals surface area (Å²) in [7, 11) is 0. The molecule has 0 saturated heterocycles. The van der Waals surface area contributed by atoms with Crippen LogP contribution in [0, 0.1) is 0 Å². The van der Waals surface area contributed by atoms with Gasteiger partial charge in [-0.3, -0.25) is 5.01 Å². The maximum Gasteiger partial charge on any atom is 0.125 e. The minimum atomic E-state index is 0.293. The number of hydrogen-bond acceptors (Lipinski definition) is 4. The fraction of sp³-hybridized carbons (Fsp3) is 0.375. The van der Waals surface area contributed by atoms with Gasteiger partial charge in [0.25, 0.3) is 0 Å². The Morgan fingerprint density at radius 1 is 1.46 bits per heavy atom. The molecule has 0 spiro atoms. The molecule has 2 aliphatic rings. The summed E-state index contributed by atoms with van der Waals surface area (Å²) in [6.07, 6.45) is 5.55. The Balaban J connectivity index is 2.31. The number of hydrogen-bond donors (Lipinski definition) is 1. The molecule has 0 radical (unpaired) electrons. The summed E-state index contributed by atoms with van der Waals surface area (Å²) in [5, 5.41) is 8.40. The van der Waals surface area contributed by atoms with Crippen molar-refractivity contribution in [2.75, 3.05) is 0 Å². The van der Waals surface area contributed by atoms with E-state index in [-0.39, 0.29) is 0 Å². The van der Waals surface area contributed by atoms with Crippen LogP contribution in [0.25, 0.3) is 0 Å². The third-order valence-corrected chi connectivity index (χ3v) is 2.21. The quantitative estimate of drug-likeness (QED) is 0.647. The second-order valence-corrected chi connectivity index (χ2v) is 3.58. The molecule has 70 valence electrons. The van der Waals surface area contributed by atoms with Crippen LogP contribution < -0.4 is 5.53 Å². The Labute approximate surface area is 82.1 Å². The van der Waals surface area contributed by atoms with E-state index in [0.29, 0.717) is 11.2 Å². The van der Waals surface area contributed by atoms with Gasteiger partial charge in [-0.1, -0.05) is 11.6 Å². The van der Waals surface area contributed by atoms with E-state index in [2.05, 4.69) is 24.5 Å². The van der Waals surface area contributed by atoms with E-state index >= 15 is 0 Å². The van der Waals surface area contributed by atoms with Gasteiger partial charge >= 0.3 is 0 Å². The van der Waals surface area contributed by atoms with E-state index in [1.165, 1.54) is 0 Å². The minimum absolute atomic E-state index is 0.293. The van der Waals surface area contributed by atoms with Gasteiger partial charge in [-0.05, 0) is 26.0 Å². The molecule has 0 fully saturated rings. The molecule has 0 aliphatic carbocycles. The lowest BCUT2D eigenvalue weighted by atomic mass is 10.3. The Morgan fingerprint density at radius 3 is 2.92 bits per heavy atom. The topological polar surface area (TPSA) is 30.9 Å². The van der Waals surface area contributed by atoms with Crippen molar-refractivity contribution in [2.24, 2.45) is 5.10 Å². The van der Waals surface area contributed by atoms with Crippen molar-refractivity contribution in [3.63, 3.8) is 0 Å². The predicted molar refractivity (Wildman–Crippen MR) is 52.5 cm³/mol. The van der Waals surface area contributed by atoms with Crippen molar-refractivity contribution >= 4 is 17.8 Å². The number of allylic oxidation sites excluding steroid dienone is 3. The molecule has 13 heavy (non-hydrogen) atoms. The highest BCUT2D eigenvalue weighted by Gasteiger charge is 2.26. The van der Waals surface area contributed by atoms with Gasteiger partial charge in [0.1, 0.15) is 10.9 Å². The van der Waals surface area contributed by atoms with E-state index in [1.807, 2.05) is 22.3 Å². The predicted octanol–water partition coefficient (Wildman–Crippen LogP) is 1.40. The lowest BCUT2D eigenvalue weighted by molar-refractivity contribution is -0.00972. The summed E-state index contributed by atoms with van der Waals surface area (Å²) < 4.78 is 0. The van der Waals surface area contributed by atoms with Crippen LogP contribution in [0.4, 0.5) is 0 Å². The molecule has 2 heterocycles. The molecule has 0 aromatic rings. The van der Waals surface area contributed by atoms with Gasteiger partial charge < -0.3 is 0 Å². The summed E-state index contributed by atoms with van der Waals surface area (Å²) in [6.45, 7) is 4.14. The summed E-state index contributed by atoms with van der Waals surface area (Å²) in [5.41, 5.74) is 3.85. The second kappa shape index (κ2) is 2.96. The molecular formula is C8H11ClN4. The van der Waals surface area contributed by atoms with Gasteiger partial charge in [0.05, 0.1) is 6.21 Å². The van der Waals surface area contributed by atoms with Crippen molar-refractivity contribution in [3.8, 4) is 0 Å². The number of rotatable bonds is 1. The summed E-state index contributed by atoms with van der Waals surface area (Å²) in [6, 6.07) is 0.293. The third kappa shape index (κ3) is 1.27. The molecular weight excluding hydrogens is 188 g/mol. The van der Waals surface area contributed by atoms with Crippen LogP contribution in [0.5, 0.6) is 0 Å². The highest BCUT2D eigenvalue weighted by molar-refractivity contribution is 6.29. The van der Waals surface area contributed by atoms with Gasteiger partial charge in [-0.25, -0.2) is 0 Å². The smallest absolute Gasteiger partial charge is 0.125 e. The van der Waals surface area contributed by atoms with E-state index in [0.717, 1.165) is 5.70 Å². The molecule has 2 aliphatic heterocycles. The van der Waals surface area contributed by atoms with Crippen LogP contribution in [0.2, 0.25) is 0 Å². The highest BCUT2D eigenvalue weighted by atomic mass is 35.5. The molecule has 0 bridgehead atoms. The number of hydrazine groups is 2. The minimum Gasteiger partial charge on any atom is -0.251 e. The van der Waals surface area contributed by atoms with Gasteiger partial charge in [0, 0.05) is 6.04 Å². The van der Waals surface area contributed by atoms with Crippen LogP contribution >= 0.6 is 11.6 Å². The van der Waals surface area contributed by atoms with Crippen molar-refractivity contribution < 1.29 is 0 Å². The van der Waals surface area contributed by atoms with Gasteiger partial charge in [-0.15, -0.1) is 0 Å². The van der Waals surface area contributed by atoms with Crippen LogP contribution in [0.1, 0.15) is 13.8 Å². The zero-order chi connectivity index (χ0) is 9.42. The van der Waals surface area contributed by atoms with Crippen molar-refractivity contribution in [3.05, 3.63) is 23.0 Å². The molecule has 1 N–H and O–H groups in total. The van der Waals surface area contributed by atoms with Crippen LogP contribution in [0.15, 0.2) is 28.1 Å². The maximum atomic E-state index is 6.05. The average Bonchev–Trinajstić information content (AvgIpc) is 2.50. The first-order valence-electron chi connectivity index (χ1n) is 4.15. The van der Waals surface area contributed by atoms with Gasteiger partial charge in [0.15, 0.2) is 0 Å². The normalized spacial score (nSPS) is 20.0. The van der Waals surface area contributed by atoms with Crippen LogP contribution in [-0.2, 0) is 0 Å². The number of hydrazone groups is 1. The second-order valence-electron chi connectivity index (χ2n) is 3.19. The number of fused-ring (bicyclic) bond motifs is 1. The van der Waals surface area contributed by atoms with E-state index < -0.39 is 0 Å². The molecule has 2 rings (SSSR count). The summed E-state index contributed by atoms with van der Waals surface area (Å²) in [5.74, 6) is 0. The molecule has 0 amide bonds. The first-order valence-corrected chi connectivity index (χ1v) is 4.53. The van der Waals surface area contributed by atoms with Crippen LogP contribution in [0.3, 0.4) is 0 Å². The Hall–Kier alpha value is -1.16. The molecule has 0 unspecified atom stereocenters. The van der Waals surface area contributed by atoms with E-state index in [1.54, 1.807) is 6.21 Å². The van der Waals surface area contributed by atoms with Crippen molar-refractivity contribution in [1.29, 1.82) is 0 Å². The molecule has 4 nitrogen and oxygen atoms in total. The fourth-order valence-corrected chi connectivity index (χ4v) is 1.69. The SMILES string of the molecule is CC(C)N1C(Cl)=CC=C2C=NNN21. The zero-order valence-electron chi connectivity index (χ0n) is 7.53. The first kappa shape index (κ1) is 8.44. The Bertz CT molecular complexity index is 305. The molecule has 0 atom stereocenters. The number of halogens is 1. The van der Waals surface area contributed by atoms with Gasteiger partial charge in [0.2, 0.25) is 0 Å². The maximum absolute atomic E-state index is 6.05. The fourth-order valence-electron chi connectivity index (χ4n) is 1.35. The number of nitrogens with zero attached hydrogens (tertiary/aromatic N) is 3. The average molecular weight is 199 g/mol. The lowest BCUT2D eigenvalue weighted by Gasteiger charge is -2.38. The Morgan fingerprint density at radius 2 is 2.23 bits per heavy atom. The van der Waals surface area contributed by atoms with Gasteiger partial charge in [-0.2, -0.15) is 15.8 Å². The van der Waals surface area contributed by atoms with Crippen LogP contribution in [-0.4, -0.2) is 22.4 Å². The zero-order valence-corrected chi connectivity index (χ0v) is 8.28. The molecule has 0 saturated carbocycles. The first-order chi connectivity index (χ1) is 6.20. The summed E-state index contributed by atoms with van der Waals surface area (Å²) >= 11 is 6.05. The largest absolute Gasteiger partial charge is 0.251 e. The third-order valence-electron chi connectivity index (χ3n) is 1.91. The molecule has 5 heteroatoms. The standard InChI is InChI=1S/C8H11ClN4/c1-6(2)12-8(9)4-3-7-5-10-11-13(7)12/h3-6,11H,1-2H3. The lowest BCUT2D eigenvalue weighted by Crippen LogP contribution is -2.48. The van der Waals surface area contributed by atoms with Crippen molar-refractivity contribution in [1.82, 2.24) is 15.7 Å². The molecule has 0 aromatic heterocycles. The van der Waals surface area contributed by atoms with E-state index in [9.17, 15) is 0 Å². The Kier molecular flexibility index (Phi) is 1.92.